The van der Waals surface area contributed by atoms with Crippen LogP contribution >= 0.6 is 0 Å². The molecule has 0 saturated heterocycles. The maximum atomic E-state index is 12.2. The second-order valence-corrected chi connectivity index (χ2v) is 5.30. The topological polar surface area (TPSA) is 97.6 Å². The zero-order valence-electron chi connectivity index (χ0n) is 14.6. The molecule has 1 N–H and O–H groups in total. The molecule has 2 aromatic carbocycles. The number of nitrogens with zero attached hydrogens (tertiary/aromatic N) is 1. The highest BCUT2D eigenvalue weighted by molar-refractivity contribution is 5.97. The molecule has 2 rings (SSSR count). The van der Waals surface area contributed by atoms with Crippen LogP contribution in [-0.4, -0.2) is 32.2 Å². The summed E-state index contributed by atoms with van der Waals surface area (Å²) in [6.07, 6.45) is -1.03. The summed E-state index contributed by atoms with van der Waals surface area (Å²) < 4.78 is 15.4. The summed E-state index contributed by atoms with van der Waals surface area (Å²) in [6, 6.07) is 13.0. The molecule has 0 spiro atoms. The first-order valence-electron chi connectivity index (χ1n) is 7.72. The van der Waals surface area contributed by atoms with Gasteiger partial charge in [0.1, 0.15) is 0 Å². The van der Waals surface area contributed by atoms with Crippen LogP contribution in [-0.2, 0) is 9.53 Å². The number of ether oxygens (including phenoxy) is 3. The molecule has 0 radical (unpaired) electrons. The number of nitriles is 1. The van der Waals surface area contributed by atoms with Gasteiger partial charge in [0.2, 0.25) is 0 Å². The minimum Gasteiger partial charge on any atom is -0.493 e. The molecule has 0 fully saturated rings. The smallest absolute Gasteiger partial charge is 0.339 e. The zero-order valence-corrected chi connectivity index (χ0v) is 14.6. The Balaban J connectivity index is 2.04. The minimum absolute atomic E-state index is 0.230. The van der Waals surface area contributed by atoms with Crippen LogP contribution in [0.15, 0.2) is 42.5 Å². The molecule has 0 aliphatic rings. The van der Waals surface area contributed by atoms with Gasteiger partial charge in [-0.2, -0.15) is 5.26 Å². The van der Waals surface area contributed by atoms with E-state index >= 15 is 0 Å². The van der Waals surface area contributed by atoms with Gasteiger partial charge in [0.15, 0.2) is 17.6 Å². The SMILES string of the molecule is COc1ccc(C(=O)OC(C)C(=O)Nc2cccc(C#N)c2)cc1OC. The number of rotatable bonds is 6. The van der Waals surface area contributed by atoms with Crippen LogP contribution in [0.5, 0.6) is 11.5 Å². The lowest BCUT2D eigenvalue weighted by atomic mass is 10.2. The minimum atomic E-state index is -1.03. The molecule has 7 nitrogen and oxygen atoms in total. The molecule has 134 valence electrons. The Bertz CT molecular complexity index is 857. The zero-order chi connectivity index (χ0) is 19.1. The average molecular weight is 354 g/mol. The lowest BCUT2D eigenvalue weighted by molar-refractivity contribution is -0.123. The maximum Gasteiger partial charge on any atom is 0.339 e. The van der Waals surface area contributed by atoms with Crippen LogP contribution in [0.25, 0.3) is 0 Å². The van der Waals surface area contributed by atoms with E-state index in [1.165, 1.54) is 39.3 Å². The Morgan fingerprint density at radius 1 is 1.08 bits per heavy atom. The van der Waals surface area contributed by atoms with Gasteiger partial charge in [0.05, 0.1) is 31.4 Å². The molecular formula is C19H18N2O5. The van der Waals surface area contributed by atoms with Gasteiger partial charge < -0.3 is 19.5 Å². The fourth-order valence-corrected chi connectivity index (χ4v) is 2.16. The number of esters is 1. The summed E-state index contributed by atoms with van der Waals surface area (Å²) in [5.41, 5.74) is 1.09. The second-order valence-electron chi connectivity index (χ2n) is 5.30. The largest absolute Gasteiger partial charge is 0.493 e. The van der Waals surface area contributed by atoms with Crippen molar-refractivity contribution in [2.45, 2.75) is 13.0 Å². The lowest BCUT2D eigenvalue weighted by Gasteiger charge is -2.14. The van der Waals surface area contributed by atoms with Gasteiger partial charge >= 0.3 is 5.97 Å². The van der Waals surface area contributed by atoms with E-state index in [1.54, 1.807) is 24.3 Å². The summed E-state index contributed by atoms with van der Waals surface area (Å²) in [5, 5.41) is 11.5. The average Bonchev–Trinajstić information content (AvgIpc) is 2.67. The fraction of sp³-hybridized carbons (Fsp3) is 0.211. The van der Waals surface area contributed by atoms with Gasteiger partial charge in [-0.25, -0.2) is 4.79 Å². The number of hydrogen-bond donors (Lipinski definition) is 1. The molecule has 0 aromatic heterocycles. The van der Waals surface area contributed by atoms with E-state index in [-0.39, 0.29) is 5.56 Å². The molecule has 0 heterocycles. The van der Waals surface area contributed by atoms with Crippen LogP contribution in [0, 0.1) is 11.3 Å². The van der Waals surface area contributed by atoms with Crippen molar-refractivity contribution in [3.63, 3.8) is 0 Å². The normalized spacial score (nSPS) is 11.0. The van der Waals surface area contributed by atoms with Crippen molar-refractivity contribution < 1.29 is 23.8 Å². The van der Waals surface area contributed by atoms with E-state index in [2.05, 4.69) is 5.32 Å². The predicted molar refractivity (Wildman–Crippen MR) is 94.2 cm³/mol. The molecule has 0 aliphatic heterocycles. The first-order chi connectivity index (χ1) is 12.5. The number of nitrogens with one attached hydrogen (secondary N) is 1. The third-order valence-corrected chi connectivity index (χ3v) is 3.53. The van der Waals surface area contributed by atoms with Crippen molar-refractivity contribution in [3.8, 4) is 17.6 Å². The Labute approximate surface area is 151 Å². The van der Waals surface area contributed by atoms with Gasteiger partial charge in [-0.05, 0) is 43.3 Å². The van der Waals surface area contributed by atoms with Crippen LogP contribution in [0.3, 0.4) is 0 Å². The lowest BCUT2D eigenvalue weighted by Crippen LogP contribution is -2.30. The van der Waals surface area contributed by atoms with Crippen molar-refractivity contribution in [1.29, 1.82) is 5.26 Å². The quantitative estimate of drug-likeness (QED) is 0.801. The summed E-state index contributed by atoms with van der Waals surface area (Å²) in [5.74, 6) is -0.312. The molecule has 1 atom stereocenters. The summed E-state index contributed by atoms with van der Waals surface area (Å²) in [7, 11) is 2.95. The van der Waals surface area contributed by atoms with Gasteiger partial charge in [0.25, 0.3) is 5.91 Å². The number of carbonyl (C=O) groups is 2. The molecule has 0 saturated carbocycles. The number of benzene rings is 2. The van der Waals surface area contributed by atoms with E-state index in [4.69, 9.17) is 19.5 Å². The van der Waals surface area contributed by atoms with Gasteiger partial charge in [-0.15, -0.1) is 0 Å². The van der Waals surface area contributed by atoms with Crippen molar-refractivity contribution in [2.24, 2.45) is 0 Å². The molecule has 7 heteroatoms. The molecule has 26 heavy (non-hydrogen) atoms. The highest BCUT2D eigenvalue weighted by Gasteiger charge is 2.20. The number of amides is 1. The van der Waals surface area contributed by atoms with E-state index in [1.807, 2.05) is 6.07 Å². The Morgan fingerprint density at radius 2 is 1.81 bits per heavy atom. The molecular weight excluding hydrogens is 336 g/mol. The Hall–Kier alpha value is -3.53. The maximum absolute atomic E-state index is 12.2. The number of carbonyl (C=O) groups excluding carboxylic acids is 2. The van der Waals surface area contributed by atoms with Crippen molar-refractivity contribution >= 4 is 17.6 Å². The summed E-state index contributed by atoms with van der Waals surface area (Å²) in [6.45, 7) is 1.46. The summed E-state index contributed by atoms with van der Waals surface area (Å²) in [4.78, 5) is 24.4. The van der Waals surface area contributed by atoms with Gasteiger partial charge in [-0.3, -0.25) is 4.79 Å². The molecule has 2 aromatic rings. The first kappa shape index (κ1) is 18.8. The van der Waals surface area contributed by atoms with Crippen molar-refractivity contribution in [2.75, 3.05) is 19.5 Å². The monoisotopic (exact) mass is 354 g/mol. The number of methoxy groups -OCH3 is 2. The van der Waals surface area contributed by atoms with E-state index in [9.17, 15) is 9.59 Å². The van der Waals surface area contributed by atoms with Crippen molar-refractivity contribution in [3.05, 3.63) is 53.6 Å². The highest BCUT2D eigenvalue weighted by Crippen LogP contribution is 2.28. The number of hydrogen-bond acceptors (Lipinski definition) is 6. The van der Waals surface area contributed by atoms with Crippen LogP contribution in [0.4, 0.5) is 5.69 Å². The Kier molecular flexibility index (Phi) is 6.17. The van der Waals surface area contributed by atoms with Crippen LogP contribution < -0.4 is 14.8 Å². The van der Waals surface area contributed by atoms with E-state index in [0.29, 0.717) is 22.7 Å². The standard InChI is InChI=1S/C19H18N2O5/c1-12(18(22)21-15-6-4-5-13(9-15)11-20)26-19(23)14-7-8-16(24-2)17(10-14)25-3/h4-10,12H,1-3H3,(H,21,22). The fourth-order valence-electron chi connectivity index (χ4n) is 2.16. The third kappa shape index (κ3) is 4.51. The van der Waals surface area contributed by atoms with Crippen LogP contribution in [0.1, 0.15) is 22.8 Å². The first-order valence-corrected chi connectivity index (χ1v) is 7.72. The van der Waals surface area contributed by atoms with Gasteiger partial charge in [-0.1, -0.05) is 6.07 Å². The summed E-state index contributed by atoms with van der Waals surface area (Å²) >= 11 is 0. The van der Waals surface area contributed by atoms with Gasteiger partial charge in [0, 0.05) is 5.69 Å². The predicted octanol–water partition coefficient (Wildman–Crippen LogP) is 2.76. The number of anilines is 1. The second kappa shape index (κ2) is 8.53. The third-order valence-electron chi connectivity index (χ3n) is 3.53. The molecule has 0 aliphatic carbocycles. The molecule has 1 unspecified atom stereocenters. The highest BCUT2D eigenvalue weighted by atomic mass is 16.5. The van der Waals surface area contributed by atoms with E-state index < -0.39 is 18.0 Å². The molecule has 0 bridgehead atoms. The molecule has 1 amide bonds. The van der Waals surface area contributed by atoms with Crippen molar-refractivity contribution in [1.82, 2.24) is 0 Å². The van der Waals surface area contributed by atoms with Crippen LogP contribution in [0.2, 0.25) is 0 Å². The Morgan fingerprint density at radius 3 is 2.46 bits per heavy atom. The van der Waals surface area contributed by atoms with E-state index in [0.717, 1.165) is 0 Å².